The minimum atomic E-state index is -0.287. The van der Waals surface area contributed by atoms with Crippen LogP contribution in [0.3, 0.4) is 0 Å². The number of aryl methyl sites for hydroxylation is 1. The van der Waals surface area contributed by atoms with Crippen LogP contribution in [0.4, 0.5) is 10.5 Å². The van der Waals surface area contributed by atoms with E-state index in [2.05, 4.69) is 46.1 Å². The van der Waals surface area contributed by atoms with Gasteiger partial charge in [0.1, 0.15) is 10.8 Å². The second kappa shape index (κ2) is 10.2. The molecule has 0 radical (unpaired) electrons. The minimum absolute atomic E-state index is 0.267. The Bertz CT molecular complexity index is 1340. The van der Waals surface area contributed by atoms with Gasteiger partial charge in [0.2, 0.25) is 5.88 Å². The van der Waals surface area contributed by atoms with E-state index in [0.717, 1.165) is 46.9 Å². The molecule has 0 fully saturated rings. The molecule has 35 heavy (non-hydrogen) atoms. The topological polar surface area (TPSA) is 81.1 Å². The number of fused-ring (bicyclic) bond motifs is 1. The summed E-state index contributed by atoms with van der Waals surface area (Å²) in [4.78, 5) is 17.3. The van der Waals surface area contributed by atoms with Crippen LogP contribution in [-0.2, 0) is 12.8 Å². The molecule has 2 N–H and O–H groups in total. The molecule has 178 valence electrons. The van der Waals surface area contributed by atoms with Gasteiger partial charge >= 0.3 is 6.03 Å². The van der Waals surface area contributed by atoms with Gasteiger partial charge in [-0.15, -0.1) is 0 Å². The molecule has 0 saturated heterocycles. The first-order valence-corrected chi connectivity index (χ1v) is 12.5. The summed E-state index contributed by atoms with van der Waals surface area (Å²) in [7, 11) is 0. The summed E-state index contributed by atoms with van der Waals surface area (Å²) in [6, 6.07) is 19.5. The van der Waals surface area contributed by atoms with E-state index in [4.69, 9.17) is 4.74 Å². The largest absolute Gasteiger partial charge is 0.439 e. The number of rotatable bonds is 7. The highest BCUT2D eigenvalue weighted by atomic mass is 32.2. The summed E-state index contributed by atoms with van der Waals surface area (Å²) in [5, 5.41) is 8.32. The first kappa shape index (κ1) is 23.0. The molecule has 0 spiro atoms. The third-order valence-electron chi connectivity index (χ3n) is 5.89. The molecule has 5 rings (SSSR count). The summed E-state index contributed by atoms with van der Waals surface area (Å²) < 4.78 is 10.7. The summed E-state index contributed by atoms with van der Waals surface area (Å²) in [6.45, 7) is 4.13. The van der Waals surface area contributed by atoms with Gasteiger partial charge in [-0.05, 0) is 74.1 Å². The fourth-order valence-electron chi connectivity index (χ4n) is 4.19. The Morgan fingerprint density at radius 1 is 1.09 bits per heavy atom. The van der Waals surface area contributed by atoms with Crippen LogP contribution in [0.2, 0.25) is 0 Å². The number of para-hydroxylation sites is 1. The lowest BCUT2D eigenvalue weighted by Crippen LogP contribution is -2.24. The number of benzene rings is 2. The fraction of sp³-hybridized carbons (Fsp3) is 0.222. The summed E-state index contributed by atoms with van der Waals surface area (Å²) >= 11 is 1.20. The molecule has 0 bridgehead atoms. The fourth-order valence-corrected chi connectivity index (χ4v) is 4.70. The van der Waals surface area contributed by atoms with Crippen LogP contribution in [0.1, 0.15) is 37.4 Å². The number of hydrogen-bond acceptors (Lipinski definition) is 5. The SMILES string of the molecule is CC(C)n1ccc(SNC(=O)Nc2c(-c3ccnc(Oc4ccccc4)c3)ccc3c2CCC3)n1. The van der Waals surface area contributed by atoms with Gasteiger partial charge in [0.05, 0.1) is 5.69 Å². The molecule has 0 aliphatic heterocycles. The molecular weight excluding hydrogens is 458 g/mol. The smallest absolute Gasteiger partial charge is 0.329 e. The van der Waals surface area contributed by atoms with Crippen molar-refractivity contribution in [1.29, 1.82) is 0 Å². The van der Waals surface area contributed by atoms with Crippen molar-refractivity contribution in [2.75, 3.05) is 5.32 Å². The van der Waals surface area contributed by atoms with Crippen LogP contribution in [0.5, 0.6) is 11.6 Å². The first-order chi connectivity index (χ1) is 17.1. The Balaban J connectivity index is 1.38. The van der Waals surface area contributed by atoms with Crippen LogP contribution in [0.25, 0.3) is 11.1 Å². The molecule has 0 saturated carbocycles. The summed E-state index contributed by atoms with van der Waals surface area (Å²) in [6.07, 6.45) is 6.67. The normalized spacial score (nSPS) is 12.4. The number of carbonyl (C=O) groups is 1. The lowest BCUT2D eigenvalue weighted by atomic mass is 9.98. The van der Waals surface area contributed by atoms with Crippen LogP contribution >= 0.6 is 11.9 Å². The van der Waals surface area contributed by atoms with E-state index in [1.165, 1.54) is 23.1 Å². The van der Waals surface area contributed by atoms with Crippen molar-refractivity contribution in [1.82, 2.24) is 19.5 Å². The van der Waals surface area contributed by atoms with Gasteiger partial charge in [-0.3, -0.25) is 9.40 Å². The highest BCUT2D eigenvalue weighted by Gasteiger charge is 2.21. The van der Waals surface area contributed by atoms with Gasteiger partial charge in [0, 0.05) is 42.0 Å². The van der Waals surface area contributed by atoms with E-state index in [-0.39, 0.29) is 12.1 Å². The number of urea groups is 1. The second-order valence-corrected chi connectivity index (χ2v) is 9.49. The number of amides is 2. The summed E-state index contributed by atoms with van der Waals surface area (Å²) in [5.74, 6) is 1.22. The molecule has 1 aliphatic carbocycles. The zero-order chi connectivity index (χ0) is 24.2. The number of pyridine rings is 1. The number of nitrogens with zero attached hydrogens (tertiary/aromatic N) is 3. The van der Waals surface area contributed by atoms with Crippen LogP contribution in [-0.4, -0.2) is 20.8 Å². The molecule has 1 aliphatic rings. The summed E-state index contributed by atoms with van der Waals surface area (Å²) in [5.41, 5.74) is 5.17. The second-order valence-electron chi connectivity index (χ2n) is 8.66. The maximum absolute atomic E-state index is 12.9. The Labute approximate surface area is 209 Å². The van der Waals surface area contributed by atoms with E-state index < -0.39 is 0 Å². The molecule has 2 amide bonds. The highest BCUT2D eigenvalue weighted by molar-refractivity contribution is 7.97. The Morgan fingerprint density at radius 2 is 1.94 bits per heavy atom. The maximum Gasteiger partial charge on any atom is 0.329 e. The van der Waals surface area contributed by atoms with E-state index >= 15 is 0 Å². The minimum Gasteiger partial charge on any atom is -0.439 e. The molecule has 8 heteroatoms. The predicted molar refractivity (Wildman–Crippen MR) is 139 cm³/mol. The van der Waals surface area contributed by atoms with Crippen molar-refractivity contribution in [3.63, 3.8) is 0 Å². The van der Waals surface area contributed by atoms with Crippen molar-refractivity contribution in [3.8, 4) is 22.8 Å². The number of ether oxygens (including phenoxy) is 1. The lowest BCUT2D eigenvalue weighted by Gasteiger charge is -2.17. The van der Waals surface area contributed by atoms with E-state index in [0.29, 0.717) is 5.88 Å². The van der Waals surface area contributed by atoms with Crippen LogP contribution in [0, 0.1) is 0 Å². The van der Waals surface area contributed by atoms with Gasteiger partial charge in [0.15, 0.2) is 0 Å². The number of anilines is 1. The molecule has 4 aromatic rings. The van der Waals surface area contributed by atoms with Crippen molar-refractivity contribution >= 4 is 23.7 Å². The lowest BCUT2D eigenvalue weighted by molar-refractivity contribution is 0.257. The molecule has 2 aromatic carbocycles. The standard InChI is InChI=1S/C27H27N5O2S/c1-18(2)32-16-14-25(30-32)35-31-27(33)29-26-22-10-6-7-19(22)11-12-23(26)20-13-15-28-24(17-20)34-21-8-4-3-5-9-21/h3-5,8-9,11-18H,6-7,10H2,1-2H3,(H2,29,31,33). The average molecular weight is 486 g/mol. The highest BCUT2D eigenvalue weighted by Crippen LogP contribution is 2.38. The molecule has 0 atom stereocenters. The third-order valence-corrected chi connectivity index (χ3v) is 6.61. The van der Waals surface area contributed by atoms with Crippen molar-refractivity contribution in [2.24, 2.45) is 0 Å². The molecule has 2 heterocycles. The van der Waals surface area contributed by atoms with Crippen LogP contribution in [0.15, 0.2) is 78.1 Å². The molecule has 2 aromatic heterocycles. The van der Waals surface area contributed by atoms with Gasteiger partial charge < -0.3 is 10.1 Å². The van der Waals surface area contributed by atoms with E-state index in [1.807, 2.05) is 59.4 Å². The maximum atomic E-state index is 12.9. The number of nitrogens with one attached hydrogen (secondary N) is 2. The molecule has 7 nitrogen and oxygen atoms in total. The number of aromatic nitrogens is 3. The van der Waals surface area contributed by atoms with E-state index in [9.17, 15) is 4.79 Å². The average Bonchev–Trinajstić information content (AvgIpc) is 3.54. The number of hydrogen-bond donors (Lipinski definition) is 2. The van der Waals surface area contributed by atoms with Crippen molar-refractivity contribution in [2.45, 2.75) is 44.2 Å². The molecular formula is C27H27N5O2S. The first-order valence-electron chi connectivity index (χ1n) is 11.7. The van der Waals surface area contributed by atoms with Gasteiger partial charge in [-0.1, -0.05) is 30.3 Å². The Kier molecular flexibility index (Phi) is 6.72. The quantitative estimate of drug-likeness (QED) is 0.287. The zero-order valence-corrected chi connectivity index (χ0v) is 20.5. The van der Waals surface area contributed by atoms with Gasteiger partial charge in [-0.25, -0.2) is 9.78 Å². The monoisotopic (exact) mass is 485 g/mol. The third kappa shape index (κ3) is 5.33. The Hall–Kier alpha value is -3.78. The van der Waals surface area contributed by atoms with Crippen molar-refractivity contribution in [3.05, 3.63) is 84.2 Å². The van der Waals surface area contributed by atoms with Crippen LogP contribution < -0.4 is 14.8 Å². The van der Waals surface area contributed by atoms with Gasteiger partial charge in [0.25, 0.3) is 0 Å². The zero-order valence-electron chi connectivity index (χ0n) is 19.7. The molecule has 0 unspecified atom stereocenters. The number of carbonyl (C=O) groups excluding carboxylic acids is 1. The van der Waals surface area contributed by atoms with Gasteiger partial charge in [-0.2, -0.15) is 5.10 Å². The van der Waals surface area contributed by atoms with E-state index in [1.54, 1.807) is 6.20 Å². The van der Waals surface area contributed by atoms with Crippen molar-refractivity contribution < 1.29 is 9.53 Å². The Morgan fingerprint density at radius 3 is 2.74 bits per heavy atom. The predicted octanol–water partition coefficient (Wildman–Crippen LogP) is 6.64.